The number of aliphatic carboxylic acids is 1. The Balaban J connectivity index is 1.78. The van der Waals surface area contributed by atoms with Crippen LogP contribution in [0, 0.1) is 0 Å². The lowest BCUT2D eigenvalue weighted by molar-refractivity contribution is -0.142. The van der Waals surface area contributed by atoms with E-state index in [-0.39, 0.29) is 6.03 Å². The molecule has 116 valence electrons. The maximum absolute atomic E-state index is 12.2. The average molecular weight is 294 g/mol. The van der Waals surface area contributed by atoms with Crippen molar-refractivity contribution in [2.75, 3.05) is 13.1 Å². The highest BCUT2D eigenvalue weighted by atomic mass is 16.4. The Morgan fingerprint density at radius 1 is 1.33 bits per heavy atom. The van der Waals surface area contributed by atoms with E-state index in [1.54, 1.807) is 10.9 Å². The van der Waals surface area contributed by atoms with Crippen LogP contribution < -0.4 is 5.32 Å². The molecule has 1 saturated heterocycles. The summed E-state index contributed by atoms with van der Waals surface area (Å²) in [6.07, 6.45) is 7.59. The quantitative estimate of drug-likeness (QED) is 0.802. The molecular weight excluding hydrogens is 272 g/mol. The van der Waals surface area contributed by atoms with Crippen LogP contribution in [0.25, 0.3) is 0 Å². The lowest BCUT2D eigenvalue weighted by Gasteiger charge is -2.27. The molecule has 1 atom stereocenters. The molecule has 0 radical (unpaired) electrons. The third-order valence-electron chi connectivity index (χ3n) is 3.70. The Kier molecular flexibility index (Phi) is 5.59. The average Bonchev–Trinajstić information content (AvgIpc) is 2.84. The fraction of sp³-hybridized carbons (Fsp3) is 0.643. The number of amides is 2. The van der Waals surface area contributed by atoms with Gasteiger partial charge in [0.2, 0.25) is 0 Å². The number of rotatable bonds is 5. The van der Waals surface area contributed by atoms with Gasteiger partial charge in [-0.3, -0.25) is 4.68 Å². The molecule has 0 spiro atoms. The van der Waals surface area contributed by atoms with Crippen molar-refractivity contribution in [2.24, 2.45) is 0 Å². The number of carboxylic acids is 1. The summed E-state index contributed by atoms with van der Waals surface area (Å²) >= 11 is 0. The number of aromatic nitrogens is 2. The van der Waals surface area contributed by atoms with Crippen molar-refractivity contribution in [3.05, 3.63) is 18.5 Å². The van der Waals surface area contributed by atoms with Gasteiger partial charge >= 0.3 is 12.0 Å². The van der Waals surface area contributed by atoms with E-state index in [0.717, 1.165) is 32.2 Å². The molecule has 21 heavy (non-hydrogen) atoms. The Morgan fingerprint density at radius 3 is 2.90 bits per heavy atom. The van der Waals surface area contributed by atoms with Crippen LogP contribution in [0.4, 0.5) is 4.79 Å². The highest BCUT2D eigenvalue weighted by Gasteiger charge is 2.30. The van der Waals surface area contributed by atoms with Crippen molar-refractivity contribution in [2.45, 2.75) is 44.7 Å². The number of hydrogen-bond acceptors (Lipinski definition) is 3. The first-order valence-corrected chi connectivity index (χ1v) is 7.43. The number of carboxylic acid groups (broad SMARTS) is 1. The third kappa shape index (κ3) is 4.47. The van der Waals surface area contributed by atoms with Crippen LogP contribution in [0.2, 0.25) is 0 Å². The fourth-order valence-electron chi connectivity index (χ4n) is 2.58. The second-order valence-corrected chi connectivity index (χ2v) is 5.25. The van der Waals surface area contributed by atoms with Gasteiger partial charge in [-0.25, -0.2) is 9.59 Å². The number of aryl methyl sites for hydroxylation is 1. The molecule has 0 bridgehead atoms. The predicted octanol–water partition coefficient (Wildman–Crippen LogP) is 1.31. The zero-order chi connectivity index (χ0) is 15.1. The van der Waals surface area contributed by atoms with Crippen LogP contribution in [-0.2, 0) is 11.3 Å². The SMILES string of the molecule is O=C(O)C1CCCCCN1C(=O)NCCCn1cccn1. The van der Waals surface area contributed by atoms with Crippen LogP contribution >= 0.6 is 0 Å². The molecule has 2 heterocycles. The summed E-state index contributed by atoms with van der Waals surface area (Å²) in [5, 5.41) is 16.1. The Hall–Kier alpha value is -2.05. The second kappa shape index (κ2) is 7.66. The van der Waals surface area contributed by atoms with Crippen molar-refractivity contribution < 1.29 is 14.7 Å². The summed E-state index contributed by atoms with van der Waals surface area (Å²) in [6.45, 7) is 1.76. The van der Waals surface area contributed by atoms with Gasteiger partial charge in [-0.05, 0) is 25.3 Å². The molecule has 1 aliphatic heterocycles. The Labute approximate surface area is 123 Å². The van der Waals surface area contributed by atoms with Crippen molar-refractivity contribution >= 4 is 12.0 Å². The summed E-state index contributed by atoms with van der Waals surface area (Å²) in [6, 6.07) is 0.885. The second-order valence-electron chi connectivity index (χ2n) is 5.25. The summed E-state index contributed by atoms with van der Waals surface area (Å²) < 4.78 is 1.80. The fourth-order valence-corrected chi connectivity index (χ4v) is 2.58. The van der Waals surface area contributed by atoms with Crippen molar-refractivity contribution in [1.29, 1.82) is 0 Å². The number of hydrogen-bond donors (Lipinski definition) is 2. The summed E-state index contributed by atoms with van der Waals surface area (Å²) in [7, 11) is 0. The molecule has 0 aliphatic carbocycles. The van der Waals surface area contributed by atoms with Gasteiger partial charge in [0.15, 0.2) is 0 Å². The van der Waals surface area contributed by atoms with Crippen LogP contribution in [0.15, 0.2) is 18.5 Å². The lowest BCUT2D eigenvalue weighted by atomic mass is 10.1. The predicted molar refractivity (Wildman–Crippen MR) is 76.8 cm³/mol. The van der Waals surface area contributed by atoms with Crippen LogP contribution in [-0.4, -0.2) is 50.9 Å². The van der Waals surface area contributed by atoms with E-state index in [0.29, 0.717) is 19.5 Å². The van der Waals surface area contributed by atoms with Gasteiger partial charge in [-0.1, -0.05) is 12.8 Å². The zero-order valence-electron chi connectivity index (χ0n) is 12.1. The van der Waals surface area contributed by atoms with Crippen LogP contribution in [0.1, 0.15) is 32.1 Å². The topological polar surface area (TPSA) is 87.5 Å². The van der Waals surface area contributed by atoms with E-state index in [4.69, 9.17) is 0 Å². The molecule has 0 aromatic carbocycles. The number of carbonyl (C=O) groups is 2. The number of carbonyl (C=O) groups excluding carboxylic acids is 1. The molecule has 1 fully saturated rings. The molecule has 2 N–H and O–H groups in total. The largest absolute Gasteiger partial charge is 0.480 e. The van der Waals surface area contributed by atoms with E-state index < -0.39 is 12.0 Å². The molecule has 7 heteroatoms. The van der Waals surface area contributed by atoms with Crippen molar-refractivity contribution in [3.8, 4) is 0 Å². The number of nitrogens with zero attached hydrogens (tertiary/aromatic N) is 3. The van der Waals surface area contributed by atoms with Gasteiger partial charge in [0.05, 0.1) is 0 Å². The van der Waals surface area contributed by atoms with Crippen molar-refractivity contribution in [3.63, 3.8) is 0 Å². The van der Waals surface area contributed by atoms with E-state index in [2.05, 4.69) is 10.4 Å². The summed E-state index contributed by atoms with van der Waals surface area (Å²) in [4.78, 5) is 24.9. The highest BCUT2D eigenvalue weighted by Crippen LogP contribution is 2.17. The molecule has 1 aromatic rings. The minimum absolute atomic E-state index is 0.273. The number of likely N-dealkylation sites (tertiary alicyclic amines) is 1. The van der Waals surface area contributed by atoms with Gasteiger partial charge in [0, 0.05) is 32.0 Å². The van der Waals surface area contributed by atoms with E-state index in [9.17, 15) is 14.7 Å². The standard InChI is InChI=1S/C14H22N4O3/c19-13(20)12-6-2-1-3-11-18(12)14(21)15-7-4-9-17-10-5-8-16-17/h5,8,10,12H,1-4,6-7,9,11H2,(H,15,21)(H,19,20). The van der Waals surface area contributed by atoms with Gasteiger partial charge in [-0.2, -0.15) is 5.10 Å². The van der Waals surface area contributed by atoms with E-state index >= 15 is 0 Å². The highest BCUT2D eigenvalue weighted by molar-refractivity contribution is 5.82. The maximum Gasteiger partial charge on any atom is 0.326 e. The summed E-state index contributed by atoms with van der Waals surface area (Å²) in [5.41, 5.74) is 0. The Morgan fingerprint density at radius 2 is 2.19 bits per heavy atom. The zero-order valence-corrected chi connectivity index (χ0v) is 12.1. The first-order chi connectivity index (χ1) is 10.2. The monoisotopic (exact) mass is 294 g/mol. The van der Waals surface area contributed by atoms with Gasteiger partial charge in [-0.15, -0.1) is 0 Å². The number of urea groups is 1. The normalized spacial score (nSPS) is 19.0. The molecule has 7 nitrogen and oxygen atoms in total. The molecule has 0 saturated carbocycles. The minimum Gasteiger partial charge on any atom is -0.480 e. The smallest absolute Gasteiger partial charge is 0.326 e. The Bertz CT molecular complexity index is 461. The molecule has 1 aliphatic rings. The molecule has 1 aromatic heterocycles. The van der Waals surface area contributed by atoms with Crippen LogP contribution in [0.5, 0.6) is 0 Å². The number of nitrogens with one attached hydrogen (secondary N) is 1. The molecule has 2 amide bonds. The first-order valence-electron chi connectivity index (χ1n) is 7.43. The van der Waals surface area contributed by atoms with Crippen molar-refractivity contribution in [1.82, 2.24) is 20.0 Å². The molecular formula is C14H22N4O3. The van der Waals surface area contributed by atoms with Gasteiger partial charge in [0.25, 0.3) is 0 Å². The van der Waals surface area contributed by atoms with Gasteiger partial charge in [0.1, 0.15) is 6.04 Å². The van der Waals surface area contributed by atoms with E-state index in [1.807, 2.05) is 12.3 Å². The van der Waals surface area contributed by atoms with Crippen LogP contribution in [0.3, 0.4) is 0 Å². The summed E-state index contributed by atoms with van der Waals surface area (Å²) in [5.74, 6) is -0.913. The van der Waals surface area contributed by atoms with Gasteiger partial charge < -0.3 is 15.3 Å². The maximum atomic E-state index is 12.2. The first kappa shape index (κ1) is 15.3. The molecule has 2 rings (SSSR count). The third-order valence-corrected chi connectivity index (χ3v) is 3.70. The lowest BCUT2D eigenvalue weighted by Crippen LogP contribution is -2.49. The minimum atomic E-state index is -0.913. The molecule has 1 unspecified atom stereocenters. The van der Waals surface area contributed by atoms with E-state index in [1.165, 1.54) is 4.90 Å².